The quantitative estimate of drug-likeness (QED) is 0.700. The van der Waals surface area contributed by atoms with Crippen molar-refractivity contribution in [1.29, 1.82) is 0 Å². The first kappa shape index (κ1) is 18.7. The van der Waals surface area contributed by atoms with Gasteiger partial charge in [0.25, 0.3) is 0 Å². The zero-order valence-electron chi connectivity index (χ0n) is 16.5. The van der Waals surface area contributed by atoms with Gasteiger partial charge in [0.15, 0.2) is 6.29 Å². The van der Waals surface area contributed by atoms with Gasteiger partial charge in [-0.1, -0.05) is 18.2 Å². The average molecular weight is 389 g/mol. The van der Waals surface area contributed by atoms with Gasteiger partial charge in [0.2, 0.25) is 0 Å². The lowest BCUT2D eigenvalue weighted by molar-refractivity contribution is -0.216. The van der Waals surface area contributed by atoms with Crippen LogP contribution in [0.5, 0.6) is 0 Å². The maximum atomic E-state index is 13.6. The molecule has 1 spiro atoms. The molecule has 2 bridgehead atoms. The lowest BCUT2D eigenvalue weighted by atomic mass is 9.68. The highest BCUT2D eigenvalue weighted by Crippen LogP contribution is 2.65. The van der Waals surface area contributed by atoms with Gasteiger partial charge in [-0.25, -0.2) is 4.39 Å². The fourth-order valence-corrected chi connectivity index (χ4v) is 5.55. The number of nitrogens with zero attached hydrogens (tertiary/aromatic N) is 1. The van der Waals surface area contributed by atoms with Gasteiger partial charge < -0.3 is 23.8 Å². The summed E-state index contributed by atoms with van der Waals surface area (Å²) in [6.45, 7) is 2.78. The van der Waals surface area contributed by atoms with Crippen molar-refractivity contribution >= 4 is 0 Å². The van der Waals surface area contributed by atoms with Gasteiger partial charge in [0.1, 0.15) is 22.6 Å². The van der Waals surface area contributed by atoms with Crippen LogP contribution in [0.4, 0.5) is 4.39 Å². The highest BCUT2D eigenvalue weighted by Gasteiger charge is 2.73. The number of rotatable bonds is 6. The van der Waals surface area contributed by atoms with Crippen LogP contribution in [0.15, 0.2) is 36.4 Å². The largest absolute Gasteiger partial charge is 0.366 e. The monoisotopic (exact) mass is 389 g/mol. The lowest BCUT2D eigenvalue weighted by Gasteiger charge is -2.42. The van der Waals surface area contributed by atoms with Crippen LogP contribution in [0, 0.1) is 11.7 Å². The molecule has 152 valence electrons. The van der Waals surface area contributed by atoms with E-state index in [1.165, 1.54) is 12.1 Å². The molecule has 5 nitrogen and oxygen atoms in total. The first-order valence-corrected chi connectivity index (χ1v) is 10.2. The van der Waals surface area contributed by atoms with Crippen LogP contribution in [-0.4, -0.2) is 62.9 Å². The summed E-state index contributed by atoms with van der Waals surface area (Å²) in [6, 6.07) is 6.72. The Labute approximate surface area is 165 Å². The van der Waals surface area contributed by atoms with Crippen LogP contribution in [0.2, 0.25) is 0 Å². The molecule has 4 aliphatic rings. The summed E-state index contributed by atoms with van der Waals surface area (Å²) in [4.78, 5) is 2.17. The van der Waals surface area contributed by atoms with E-state index in [2.05, 4.69) is 31.1 Å². The Bertz CT molecular complexity index is 762. The molecule has 1 aromatic carbocycles. The standard InChI is InChI=1S/C22H28FNO4/c1-24(2)11-3-8-21(16-4-6-18(23)7-5-16)22-10-9-20(28-22,14-17(22)15-27-21)19-25-12-13-26-19/h4-7,9-10,17,19H,3,8,11-15H2,1-2H3/t17?,20-,21?,22?/m1/s1. The van der Waals surface area contributed by atoms with Crippen LogP contribution in [0.25, 0.3) is 0 Å². The van der Waals surface area contributed by atoms with Crippen molar-refractivity contribution in [1.82, 2.24) is 4.90 Å². The summed E-state index contributed by atoms with van der Waals surface area (Å²) >= 11 is 0. The van der Waals surface area contributed by atoms with Crippen molar-refractivity contribution in [3.05, 3.63) is 47.8 Å². The van der Waals surface area contributed by atoms with Gasteiger partial charge >= 0.3 is 0 Å². The Kier molecular flexibility index (Phi) is 4.41. The Balaban J connectivity index is 1.52. The molecule has 1 aromatic rings. The molecule has 0 aliphatic carbocycles. The number of hydrogen-bond donors (Lipinski definition) is 0. The topological polar surface area (TPSA) is 40.2 Å². The number of benzene rings is 1. The summed E-state index contributed by atoms with van der Waals surface area (Å²) in [5, 5.41) is 0. The van der Waals surface area contributed by atoms with Crippen molar-refractivity contribution in [2.24, 2.45) is 5.92 Å². The van der Waals surface area contributed by atoms with E-state index in [4.69, 9.17) is 18.9 Å². The van der Waals surface area contributed by atoms with Gasteiger partial charge in [0, 0.05) is 5.92 Å². The summed E-state index contributed by atoms with van der Waals surface area (Å²) in [7, 11) is 4.14. The third kappa shape index (κ3) is 2.55. The van der Waals surface area contributed by atoms with Gasteiger partial charge in [-0.3, -0.25) is 0 Å². The Morgan fingerprint density at radius 2 is 1.86 bits per heavy atom. The van der Waals surface area contributed by atoms with E-state index in [-0.39, 0.29) is 18.0 Å². The Morgan fingerprint density at radius 1 is 1.11 bits per heavy atom. The highest BCUT2D eigenvalue weighted by atomic mass is 19.1. The lowest BCUT2D eigenvalue weighted by Crippen LogP contribution is -2.50. The predicted octanol–water partition coefficient (Wildman–Crippen LogP) is 2.85. The highest BCUT2D eigenvalue weighted by molar-refractivity contribution is 5.41. The fourth-order valence-electron chi connectivity index (χ4n) is 5.55. The molecule has 0 radical (unpaired) electrons. The van der Waals surface area contributed by atoms with E-state index in [0.717, 1.165) is 31.4 Å². The molecule has 3 saturated heterocycles. The molecule has 0 N–H and O–H groups in total. The number of fused-ring (bicyclic) bond motifs is 1. The first-order chi connectivity index (χ1) is 13.5. The van der Waals surface area contributed by atoms with Crippen molar-refractivity contribution in [3.8, 4) is 0 Å². The van der Waals surface area contributed by atoms with Crippen LogP contribution in [-0.2, 0) is 24.5 Å². The Hall–Kier alpha value is -1.31. The molecular weight excluding hydrogens is 361 g/mol. The van der Waals surface area contributed by atoms with E-state index in [1.54, 1.807) is 0 Å². The molecule has 3 fully saturated rings. The molecule has 4 aliphatic heterocycles. The molecule has 3 unspecified atom stereocenters. The minimum atomic E-state index is -0.630. The molecule has 6 heteroatoms. The van der Waals surface area contributed by atoms with Crippen LogP contribution in [0.3, 0.4) is 0 Å². The van der Waals surface area contributed by atoms with Crippen molar-refractivity contribution in [2.45, 2.75) is 42.4 Å². The number of ether oxygens (including phenoxy) is 4. The predicted molar refractivity (Wildman–Crippen MR) is 101 cm³/mol. The van der Waals surface area contributed by atoms with Gasteiger partial charge in [-0.15, -0.1) is 0 Å². The van der Waals surface area contributed by atoms with E-state index >= 15 is 0 Å². The molecule has 28 heavy (non-hydrogen) atoms. The smallest absolute Gasteiger partial charge is 0.190 e. The van der Waals surface area contributed by atoms with Crippen molar-refractivity contribution in [2.75, 3.05) is 40.5 Å². The fraction of sp³-hybridized carbons (Fsp3) is 0.636. The summed E-state index contributed by atoms with van der Waals surface area (Å²) in [6.07, 6.45) is 6.53. The van der Waals surface area contributed by atoms with E-state index < -0.39 is 16.8 Å². The minimum Gasteiger partial charge on any atom is -0.366 e. The summed E-state index contributed by atoms with van der Waals surface area (Å²) in [5.74, 6) is -0.00893. The second-order valence-corrected chi connectivity index (χ2v) is 8.71. The summed E-state index contributed by atoms with van der Waals surface area (Å²) in [5.41, 5.74) is -0.760. The minimum absolute atomic E-state index is 0.231. The van der Waals surface area contributed by atoms with E-state index in [1.807, 2.05) is 12.1 Å². The van der Waals surface area contributed by atoms with Gasteiger partial charge in [-0.2, -0.15) is 0 Å². The third-order valence-electron chi connectivity index (χ3n) is 6.77. The molecular formula is C22H28FNO4. The Morgan fingerprint density at radius 3 is 2.57 bits per heavy atom. The zero-order chi connectivity index (χ0) is 19.4. The molecule has 0 saturated carbocycles. The maximum Gasteiger partial charge on any atom is 0.190 e. The van der Waals surface area contributed by atoms with Gasteiger partial charge in [0.05, 0.1) is 19.8 Å². The van der Waals surface area contributed by atoms with E-state index in [0.29, 0.717) is 19.8 Å². The van der Waals surface area contributed by atoms with Crippen molar-refractivity contribution in [3.63, 3.8) is 0 Å². The normalized spacial score (nSPS) is 39.4. The van der Waals surface area contributed by atoms with Crippen LogP contribution in [0.1, 0.15) is 24.8 Å². The zero-order valence-corrected chi connectivity index (χ0v) is 16.5. The van der Waals surface area contributed by atoms with Gasteiger partial charge in [-0.05, 0) is 63.7 Å². The third-order valence-corrected chi connectivity index (χ3v) is 6.77. The molecule has 0 amide bonds. The van der Waals surface area contributed by atoms with E-state index in [9.17, 15) is 4.39 Å². The molecule has 4 atom stereocenters. The molecule has 4 heterocycles. The SMILES string of the molecule is CN(C)CCCC1(c2ccc(F)cc2)OCC2C[C@@]3(C4OCCO4)C=CC21O3. The molecule has 5 rings (SSSR count). The second-order valence-electron chi connectivity index (χ2n) is 8.71. The molecule has 0 aromatic heterocycles. The van der Waals surface area contributed by atoms with Crippen LogP contribution >= 0.6 is 0 Å². The number of hydrogen-bond acceptors (Lipinski definition) is 5. The second kappa shape index (κ2) is 6.61. The maximum absolute atomic E-state index is 13.6. The van der Waals surface area contributed by atoms with Crippen LogP contribution < -0.4 is 0 Å². The average Bonchev–Trinajstić information content (AvgIpc) is 3.43. The summed E-state index contributed by atoms with van der Waals surface area (Å²) < 4.78 is 38.7. The first-order valence-electron chi connectivity index (χ1n) is 10.2. The number of halogens is 1. The van der Waals surface area contributed by atoms with Crippen molar-refractivity contribution < 1.29 is 23.3 Å².